The van der Waals surface area contributed by atoms with Crippen LogP contribution in [0.25, 0.3) is 0 Å². The summed E-state index contributed by atoms with van der Waals surface area (Å²) in [6, 6.07) is 5.86. The Balaban J connectivity index is 0.000000490. The number of rotatable bonds is 0. The minimum atomic E-state index is 0. The molecule has 0 fully saturated rings. The van der Waals surface area contributed by atoms with Crippen LogP contribution in [0.4, 0.5) is 0 Å². The summed E-state index contributed by atoms with van der Waals surface area (Å²) in [5.41, 5.74) is 1.07. The van der Waals surface area contributed by atoms with Crippen molar-refractivity contribution in [3.8, 4) is 0 Å². The molecule has 8 heavy (non-hydrogen) atoms. The molecule has 1 aromatic heterocycles. The van der Waals surface area contributed by atoms with Gasteiger partial charge in [-0.05, 0) is 19.1 Å². The highest BCUT2D eigenvalue weighted by molar-refractivity contribution is 4.99. The van der Waals surface area contributed by atoms with Gasteiger partial charge in [0.05, 0.1) is 0 Å². The molecule has 0 amide bonds. The van der Waals surface area contributed by atoms with Crippen molar-refractivity contribution in [1.82, 2.24) is 4.98 Å². The molecule has 1 rings (SSSR count). The van der Waals surface area contributed by atoms with E-state index < -0.39 is 0 Å². The van der Waals surface area contributed by atoms with Gasteiger partial charge in [0.2, 0.25) is 0 Å². The van der Waals surface area contributed by atoms with E-state index in [0.29, 0.717) is 0 Å². The first-order valence-electron chi connectivity index (χ1n) is 2.27. The maximum absolute atomic E-state index is 3.98. The second-order valence-electron chi connectivity index (χ2n) is 1.47. The van der Waals surface area contributed by atoms with Crippen molar-refractivity contribution in [2.75, 3.05) is 0 Å². The van der Waals surface area contributed by atoms with E-state index in [1.807, 2.05) is 25.1 Å². The molecule has 0 aromatic carbocycles. The summed E-state index contributed by atoms with van der Waals surface area (Å²) in [6.07, 6.45) is 1.79. The lowest BCUT2D eigenvalue weighted by atomic mass is 10.4. The van der Waals surface area contributed by atoms with Crippen LogP contribution in [0.5, 0.6) is 0 Å². The average molecular weight is 111 g/mol. The number of aromatic nitrogens is 1. The summed E-state index contributed by atoms with van der Waals surface area (Å²) in [4.78, 5) is 3.98. The van der Waals surface area contributed by atoms with Gasteiger partial charge in [-0.2, -0.15) is 0 Å². The van der Waals surface area contributed by atoms with Gasteiger partial charge in [0.15, 0.2) is 0 Å². The van der Waals surface area contributed by atoms with Crippen molar-refractivity contribution in [3.05, 3.63) is 30.1 Å². The molecule has 0 spiro atoms. The molecule has 44 valence electrons. The molecule has 0 aliphatic heterocycles. The van der Waals surface area contributed by atoms with Gasteiger partial charge in [0.1, 0.15) is 0 Å². The minimum Gasteiger partial charge on any atom is -0.412 e. The van der Waals surface area contributed by atoms with Gasteiger partial charge in [0.25, 0.3) is 0 Å². The molecule has 0 saturated heterocycles. The van der Waals surface area contributed by atoms with Crippen LogP contribution in [0.2, 0.25) is 0 Å². The first-order valence-corrected chi connectivity index (χ1v) is 2.27. The zero-order chi connectivity index (χ0) is 5.11. The fraction of sp³-hybridized carbons (Fsp3) is 0.167. The lowest BCUT2D eigenvalue weighted by molar-refractivity contribution is 0.824. The molecule has 0 aliphatic rings. The van der Waals surface area contributed by atoms with E-state index in [2.05, 4.69) is 4.98 Å². The van der Waals surface area contributed by atoms with Crippen LogP contribution in [0, 0.1) is 6.92 Å². The Hall–Kier alpha value is -0.890. The molecule has 0 aliphatic carbocycles. The maximum atomic E-state index is 3.98. The van der Waals surface area contributed by atoms with Crippen molar-refractivity contribution in [3.63, 3.8) is 0 Å². The third-order valence-corrected chi connectivity index (χ3v) is 0.813. The Labute approximate surface area is 48.5 Å². The van der Waals surface area contributed by atoms with Crippen LogP contribution >= 0.6 is 0 Å². The molecule has 1 aromatic rings. The minimum absolute atomic E-state index is 0. The molecule has 0 radical (unpaired) electrons. The van der Waals surface area contributed by atoms with E-state index in [-0.39, 0.29) is 5.48 Å². The van der Waals surface area contributed by atoms with Gasteiger partial charge in [-0.15, -0.1) is 0 Å². The Morgan fingerprint density at radius 2 is 2.12 bits per heavy atom. The topological polar surface area (TPSA) is 44.4 Å². The van der Waals surface area contributed by atoms with Crippen molar-refractivity contribution in [2.24, 2.45) is 0 Å². The van der Waals surface area contributed by atoms with Crippen molar-refractivity contribution in [2.45, 2.75) is 6.92 Å². The normalized spacial score (nSPS) is 7.62. The lowest BCUT2D eigenvalue weighted by Gasteiger charge is -1.82. The SMILES string of the molecule is Cc1ccccn1.O. The zero-order valence-corrected chi connectivity index (χ0v) is 4.76. The molecule has 0 bridgehead atoms. The summed E-state index contributed by atoms with van der Waals surface area (Å²) in [5.74, 6) is 0. The molecule has 0 atom stereocenters. The number of hydrogen-bond acceptors (Lipinski definition) is 1. The third kappa shape index (κ3) is 1.71. The molecule has 2 heteroatoms. The molecular weight excluding hydrogens is 102 g/mol. The Morgan fingerprint density at radius 3 is 2.38 bits per heavy atom. The highest BCUT2D eigenvalue weighted by atomic mass is 16.0. The van der Waals surface area contributed by atoms with Gasteiger partial charge in [-0.25, -0.2) is 0 Å². The van der Waals surface area contributed by atoms with Crippen LogP contribution in [0.15, 0.2) is 24.4 Å². The summed E-state index contributed by atoms with van der Waals surface area (Å²) >= 11 is 0. The highest BCUT2D eigenvalue weighted by Gasteiger charge is 1.73. The second kappa shape index (κ2) is 3.16. The largest absolute Gasteiger partial charge is 0.412 e. The summed E-state index contributed by atoms with van der Waals surface area (Å²) < 4.78 is 0. The van der Waals surface area contributed by atoms with Gasteiger partial charge in [-0.3, -0.25) is 4.98 Å². The summed E-state index contributed by atoms with van der Waals surface area (Å²) in [7, 11) is 0. The predicted molar refractivity (Wildman–Crippen MR) is 32.6 cm³/mol. The molecule has 1 heterocycles. The fourth-order valence-corrected chi connectivity index (χ4v) is 0.448. The Bertz CT molecular complexity index is 138. The van der Waals surface area contributed by atoms with E-state index >= 15 is 0 Å². The number of pyridine rings is 1. The van der Waals surface area contributed by atoms with Crippen molar-refractivity contribution in [1.29, 1.82) is 0 Å². The van der Waals surface area contributed by atoms with E-state index in [9.17, 15) is 0 Å². The fourth-order valence-electron chi connectivity index (χ4n) is 0.448. The Morgan fingerprint density at radius 1 is 1.38 bits per heavy atom. The molecule has 2 nitrogen and oxygen atoms in total. The van der Waals surface area contributed by atoms with E-state index in [4.69, 9.17) is 0 Å². The van der Waals surface area contributed by atoms with E-state index in [1.54, 1.807) is 6.20 Å². The number of hydrogen-bond donors (Lipinski definition) is 0. The number of nitrogens with zero attached hydrogens (tertiary/aromatic N) is 1. The molecule has 2 N–H and O–H groups in total. The van der Waals surface area contributed by atoms with Gasteiger partial charge >= 0.3 is 0 Å². The molecule has 0 unspecified atom stereocenters. The van der Waals surface area contributed by atoms with Gasteiger partial charge in [0, 0.05) is 11.9 Å². The smallest absolute Gasteiger partial charge is 0.0372 e. The molecular formula is C6H9NO. The summed E-state index contributed by atoms with van der Waals surface area (Å²) in [6.45, 7) is 1.97. The van der Waals surface area contributed by atoms with Crippen LogP contribution in [0.1, 0.15) is 5.69 Å². The van der Waals surface area contributed by atoms with Gasteiger partial charge in [-0.1, -0.05) is 6.07 Å². The van der Waals surface area contributed by atoms with Crippen LogP contribution in [-0.4, -0.2) is 10.5 Å². The zero-order valence-electron chi connectivity index (χ0n) is 4.76. The third-order valence-electron chi connectivity index (χ3n) is 0.813. The van der Waals surface area contributed by atoms with Crippen LogP contribution < -0.4 is 0 Å². The summed E-state index contributed by atoms with van der Waals surface area (Å²) in [5, 5.41) is 0. The van der Waals surface area contributed by atoms with Crippen LogP contribution in [-0.2, 0) is 0 Å². The number of aryl methyl sites for hydroxylation is 1. The highest BCUT2D eigenvalue weighted by Crippen LogP contribution is 1.85. The molecule has 0 saturated carbocycles. The quantitative estimate of drug-likeness (QED) is 0.482. The first kappa shape index (κ1) is 7.11. The average Bonchev–Trinajstić information content (AvgIpc) is 1.69. The lowest BCUT2D eigenvalue weighted by Crippen LogP contribution is -1.72. The van der Waals surface area contributed by atoms with E-state index in [1.165, 1.54) is 0 Å². The first-order chi connectivity index (χ1) is 3.39. The second-order valence-corrected chi connectivity index (χ2v) is 1.47. The van der Waals surface area contributed by atoms with Crippen LogP contribution in [0.3, 0.4) is 0 Å². The Kier molecular flexibility index (Phi) is 2.80. The maximum Gasteiger partial charge on any atom is 0.0372 e. The standard InChI is InChI=1S/C6H7N.H2O/c1-6-4-2-3-5-7-6;/h2-5H,1H3;1H2. The van der Waals surface area contributed by atoms with Crippen molar-refractivity contribution < 1.29 is 5.48 Å². The van der Waals surface area contributed by atoms with Crippen molar-refractivity contribution >= 4 is 0 Å². The predicted octanol–water partition coefficient (Wildman–Crippen LogP) is 0.565. The van der Waals surface area contributed by atoms with E-state index in [0.717, 1.165) is 5.69 Å². The van der Waals surface area contributed by atoms with Gasteiger partial charge < -0.3 is 5.48 Å². The monoisotopic (exact) mass is 111 g/mol.